The number of hydrogen-bond donors (Lipinski definition) is 2. The Hall–Kier alpha value is -0.940. The van der Waals surface area contributed by atoms with Gasteiger partial charge in [-0.3, -0.25) is 4.79 Å². The summed E-state index contributed by atoms with van der Waals surface area (Å²) in [4.78, 5) is 16.6. The van der Waals surface area contributed by atoms with Crippen LogP contribution in [0.15, 0.2) is 6.20 Å². The number of nitrogens with zero attached hydrogens (tertiary/aromatic N) is 1. The highest BCUT2D eigenvalue weighted by Crippen LogP contribution is 2.22. The molecule has 102 valence electrons. The molecular weight excluding hydrogens is 248 g/mol. The van der Waals surface area contributed by atoms with Gasteiger partial charge in [0.1, 0.15) is 5.01 Å². The lowest BCUT2D eigenvalue weighted by atomic mass is 9.90. The number of carboxylic acids is 1. The van der Waals surface area contributed by atoms with Crippen LogP contribution in [0.1, 0.15) is 49.9 Å². The number of carboxylic acid groups (broad SMARTS) is 1. The lowest BCUT2D eigenvalue weighted by Gasteiger charge is -2.18. The van der Waals surface area contributed by atoms with Crippen LogP contribution in [0.2, 0.25) is 0 Å². The summed E-state index contributed by atoms with van der Waals surface area (Å²) in [6.45, 7) is 9.21. The fourth-order valence-corrected chi connectivity index (χ4v) is 2.27. The van der Waals surface area contributed by atoms with Gasteiger partial charge in [-0.05, 0) is 32.7 Å². The summed E-state index contributed by atoms with van der Waals surface area (Å²) in [5, 5.41) is 13.3. The Kier molecular flexibility index (Phi) is 5.28. The van der Waals surface area contributed by atoms with E-state index < -0.39 is 11.4 Å². The van der Waals surface area contributed by atoms with Crippen molar-refractivity contribution < 1.29 is 9.90 Å². The van der Waals surface area contributed by atoms with E-state index in [0.717, 1.165) is 5.01 Å². The minimum absolute atomic E-state index is 0.516. The van der Waals surface area contributed by atoms with Gasteiger partial charge in [0.25, 0.3) is 0 Å². The number of rotatable bonds is 7. The first-order valence-corrected chi connectivity index (χ1v) is 7.03. The molecule has 2 N–H and O–H groups in total. The number of carbonyl (C=O) groups is 1. The molecular formula is C13H22N2O2S. The van der Waals surface area contributed by atoms with Crippen molar-refractivity contribution in [1.29, 1.82) is 0 Å². The largest absolute Gasteiger partial charge is 0.481 e. The zero-order valence-corrected chi connectivity index (χ0v) is 12.3. The Labute approximate surface area is 112 Å². The molecule has 0 amide bonds. The summed E-state index contributed by atoms with van der Waals surface area (Å²) < 4.78 is 0. The van der Waals surface area contributed by atoms with Crippen LogP contribution in [0.4, 0.5) is 0 Å². The van der Waals surface area contributed by atoms with Gasteiger partial charge in [0.05, 0.1) is 5.41 Å². The first-order chi connectivity index (χ1) is 8.33. The van der Waals surface area contributed by atoms with Gasteiger partial charge in [0.15, 0.2) is 0 Å². The number of thiazole rings is 1. The van der Waals surface area contributed by atoms with E-state index in [1.165, 1.54) is 4.88 Å². The third-order valence-electron chi connectivity index (χ3n) is 2.92. The highest BCUT2D eigenvalue weighted by atomic mass is 32.1. The topological polar surface area (TPSA) is 62.2 Å². The van der Waals surface area contributed by atoms with E-state index >= 15 is 0 Å². The van der Waals surface area contributed by atoms with Crippen LogP contribution < -0.4 is 5.32 Å². The van der Waals surface area contributed by atoms with E-state index in [9.17, 15) is 4.79 Å². The second kappa shape index (κ2) is 6.29. The van der Waals surface area contributed by atoms with E-state index in [0.29, 0.717) is 25.4 Å². The fraction of sp³-hybridized carbons (Fsp3) is 0.692. The molecule has 1 aromatic rings. The maximum Gasteiger partial charge on any atom is 0.309 e. The van der Waals surface area contributed by atoms with E-state index in [4.69, 9.17) is 5.11 Å². The lowest BCUT2D eigenvalue weighted by Crippen LogP contribution is -2.28. The van der Waals surface area contributed by atoms with Crippen molar-refractivity contribution in [1.82, 2.24) is 10.3 Å². The second-order valence-electron chi connectivity index (χ2n) is 5.43. The molecule has 5 heteroatoms. The molecule has 0 aliphatic carbocycles. The predicted octanol–water partition coefficient (Wildman–Crippen LogP) is 2.86. The van der Waals surface area contributed by atoms with Crippen molar-refractivity contribution in [2.75, 3.05) is 6.54 Å². The zero-order chi connectivity index (χ0) is 13.8. The van der Waals surface area contributed by atoms with E-state index in [2.05, 4.69) is 24.1 Å². The van der Waals surface area contributed by atoms with Crippen LogP contribution in [0.3, 0.4) is 0 Å². The average molecular weight is 270 g/mol. The van der Waals surface area contributed by atoms with Crippen LogP contribution in [-0.4, -0.2) is 22.6 Å². The smallest absolute Gasteiger partial charge is 0.309 e. The molecule has 0 fully saturated rings. The molecule has 0 saturated heterocycles. The molecule has 0 bridgehead atoms. The summed E-state index contributed by atoms with van der Waals surface area (Å²) in [6.07, 6.45) is 2.54. The fourth-order valence-electron chi connectivity index (χ4n) is 1.38. The standard InChI is InChI=1S/C13H22N2O2S/c1-9(2)10-7-15-11(18-10)8-14-6-5-13(3,4)12(16)17/h7,9,14H,5-6,8H2,1-4H3,(H,16,17). The van der Waals surface area contributed by atoms with Gasteiger partial charge in [-0.15, -0.1) is 11.3 Å². The lowest BCUT2D eigenvalue weighted by molar-refractivity contribution is -0.147. The Morgan fingerprint density at radius 2 is 2.22 bits per heavy atom. The van der Waals surface area contributed by atoms with Crippen LogP contribution >= 0.6 is 11.3 Å². The van der Waals surface area contributed by atoms with Gasteiger partial charge in [-0.25, -0.2) is 4.98 Å². The van der Waals surface area contributed by atoms with E-state index in [1.807, 2.05) is 6.20 Å². The van der Waals surface area contributed by atoms with Gasteiger partial charge in [-0.2, -0.15) is 0 Å². The molecule has 0 aromatic carbocycles. The van der Waals surface area contributed by atoms with Crippen LogP contribution in [0.5, 0.6) is 0 Å². The molecule has 1 rings (SSSR count). The summed E-state index contributed by atoms with van der Waals surface area (Å²) in [5.41, 5.74) is -0.668. The van der Waals surface area contributed by atoms with Crippen molar-refractivity contribution in [3.8, 4) is 0 Å². The Bertz CT molecular complexity index is 399. The van der Waals surface area contributed by atoms with Crippen molar-refractivity contribution in [2.45, 2.75) is 46.6 Å². The van der Waals surface area contributed by atoms with E-state index in [1.54, 1.807) is 25.2 Å². The van der Waals surface area contributed by atoms with Crippen LogP contribution in [-0.2, 0) is 11.3 Å². The maximum atomic E-state index is 10.9. The monoisotopic (exact) mass is 270 g/mol. The predicted molar refractivity (Wildman–Crippen MR) is 73.9 cm³/mol. The zero-order valence-electron chi connectivity index (χ0n) is 11.5. The van der Waals surface area contributed by atoms with Gasteiger partial charge >= 0.3 is 5.97 Å². The van der Waals surface area contributed by atoms with E-state index in [-0.39, 0.29) is 0 Å². The van der Waals surface area contributed by atoms with Gasteiger partial charge in [-0.1, -0.05) is 13.8 Å². The molecule has 1 heterocycles. The van der Waals surface area contributed by atoms with Crippen molar-refractivity contribution >= 4 is 17.3 Å². The molecule has 0 saturated carbocycles. The highest BCUT2D eigenvalue weighted by Gasteiger charge is 2.26. The van der Waals surface area contributed by atoms with Gasteiger partial charge in [0.2, 0.25) is 0 Å². The minimum atomic E-state index is -0.749. The molecule has 0 radical (unpaired) electrons. The quantitative estimate of drug-likeness (QED) is 0.748. The minimum Gasteiger partial charge on any atom is -0.481 e. The van der Waals surface area contributed by atoms with Gasteiger partial charge in [0, 0.05) is 17.6 Å². The number of hydrogen-bond acceptors (Lipinski definition) is 4. The Morgan fingerprint density at radius 1 is 1.56 bits per heavy atom. The number of aromatic nitrogens is 1. The number of nitrogens with one attached hydrogen (secondary N) is 1. The normalized spacial score (nSPS) is 12.1. The Balaban J connectivity index is 2.31. The van der Waals surface area contributed by atoms with Crippen molar-refractivity contribution in [3.63, 3.8) is 0 Å². The Morgan fingerprint density at radius 3 is 2.72 bits per heavy atom. The van der Waals surface area contributed by atoms with Crippen LogP contribution in [0, 0.1) is 5.41 Å². The molecule has 0 spiro atoms. The van der Waals surface area contributed by atoms with Crippen molar-refractivity contribution in [2.24, 2.45) is 5.41 Å². The first-order valence-electron chi connectivity index (χ1n) is 6.21. The third kappa shape index (κ3) is 4.38. The molecule has 4 nitrogen and oxygen atoms in total. The van der Waals surface area contributed by atoms with Crippen LogP contribution in [0.25, 0.3) is 0 Å². The first kappa shape index (κ1) is 15.1. The summed E-state index contributed by atoms with van der Waals surface area (Å²) in [6, 6.07) is 0. The molecule has 0 aliphatic heterocycles. The van der Waals surface area contributed by atoms with Crippen molar-refractivity contribution in [3.05, 3.63) is 16.1 Å². The average Bonchev–Trinajstić information content (AvgIpc) is 2.73. The molecule has 0 atom stereocenters. The second-order valence-corrected chi connectivity index (χ2v) is 6.57. The SMILES string of the molecule is CC(C)c1cnc(CNCCC(C)(C)C(=O)O)s1. The number of aliphatic carboxylic acids is 1. The molecule has 1 aromatic heterocycles. The maximum absolute atomic E-state index is 10.9. The summed E-state index contributed by atoms with van der Waals surface area (Å²) >= 11 is 1.72. The summed E-state index contributed by atoms with van der Waals surface area (Å²) in [7, 11) is 0. The molecule has 0 unspecified atom stereocenters. The molecule has 18 heavy (non-hydrogen) atoms. The third-order valence-corrected chi connectivity index (χ3v) is 4.22. The summed E-state index contributed by atoms with van der Waals surface area (Å²) in [5.74, 6) is -0.233. The highest BCUT2D eigenvalue weighted by molar-refractivity contribution is 7.11. The molecule has 0 aliphatic rings. The van der Waals surface area contributed by atoms with Gasteiger partial charge < -0.3 is 10.4 Å².